The maximum Gasteiger partial charge on any atom is 0.294 e. The zero-order valence-electron chi connectivity index (χ0n) is 11.4. The second-order valence-electron chi connectivity index (χ2n) is 4.70. The van der Waals surface area contributed by atoms with Gasteiger partial charge in [0.2, 0.25) is 0 Å². The Balaban J connectivity index is 0.000000204. The molecule has 0 atom stereocenters. The van der Waals surface area contributed by atoms with Crippen LogP contribution in [0.25, 0.3) is 0 Å². The molecule has 1 aromatic rings. The topological polar surface area (TPSA) is 98.1 Å². The van der Waals surface area contributed by atoms with Crippen molar-refractivity contribution >= 4 is 10.1 Å². The summed E-state index contributed by atoms with van der Waals surface area (Å²) in [7, 11) is -4.02. The van der Waals surface area contributed by atoms with Gasteiger partial charge in [-0.05, 0) is 38.6 Å². The van der Waals surface area contributed by atoms with E-state index in [1.165, 1.54) is 18.6 Å². The molecule has 7 heteroatoms. The first kappa shape index (κ1) is 17.1. The van der Waals surface area contributed by atoms with Gasteiger partial charge in [0.05, 0.1) is 24.2 Å². The molecule has 1 heterocycles. The Hall–Kier alpha value is -0.990. The van der Waals surface area contributed by atoms with Crippen molar-refractivity contribution in [3.05, 3.63) is 29.8 Å². The zero-order valence-corrected chi connectivity index (χ0v) is 12.3. The van der Waals surface area contributed by atoms with E-state index in [9.17, 15) is 8.42 Å². The first-order chi connectivity index (χ1) is 9.38. The number of hydrogen-bond acceptors (Lipinski definition) is 5. The second kappa shape index (κ2) is 7.70. The van der Waals surface area contributed by atoms with Gasteiger partial charge in [0.15, 0.2) is 0 Å². The van der Waals surface area contributed by atoms with E-state index in [-0.39, 0.29) is 24.2 Å². The number of likely N-dealkylation sites (tertiary alicyclic amines) is 1. The number of aliphatic hydroxyl groups is 2. The maximum absolute atomic E-state index is 10.5. The highest BCUT2D eigenvalue weighted by atomic mass is 32.2. The summed E-state index contributed by atoms with van der Waals surface area (Å²) in [5.41, 5.74) is 0.956. The van der Waals surface area contributed by atoms with Gasteiger partial charge < -0.3 is 10.2 Å². The third-order valence-electron chi connectivity index (χ3n) is 3.15. The van der Waals surface area contributed by atoms with Crippen LogP contribution in [-0.2, 0) is 10.1 Å². The Morgan fingerprint density at radius 3 is 1.90 bits per heavy atom. The highest BCUT2D eigenvalue weighted by Gasteiger charge is 2.21. The summed E-state index contributed by atoms with van der Waals surface area (Å²) < 4.78 is 29.6. The lowest BCUT2D eigenvalue weighted by Crippen LogP contribution is -2.48. The summed E-state index contributed by atoms with van der Waals surface area (Å²) in [5, 5.41) is 17.3. The molecule has 1 aliphatic heterocycles. The molecule has 0 amide bonds. The monoisotopic (exact) mass is 303 g/mol. The van der Waals surface area contributed by atoms with Gasteiger partial charge in [0.1, 0.15) is 0 Å². The lowest BCUT2D eigenvalue weighted by Gasteiger charge is -2.36. The highest BCUT2D eigenvalue weighted by molar-refractivity contribution is 7.85. The fourth-order valence-electron chi connectivity index (χ4n) is 1.70. The van der Waals surface area contributed by atoms with E-state index in [2.05, 4.69) is 4.90 Å². The normalized spacial score (nSPS) is 15.4. The van der Waals surface area contributed by atoms with E-state index in [1.807, 2.05) is 6.92 Å². The van der Waals surface area contributed by atoms with Gasteiger partial charge in [0, 0.05) is 0 Å². The summed E-state index contributed by atoms with van der Waals surface area (Å²) in [6, 6.07) is 5.99. The van der Waals surface area contributed by atoms with E-state index < -0.39 is 10.1 Å². The standard InChI is InChI=1S/C7H8O3S.C6H13NO2/c1-6-2-4-7(5-3-6)11(8,9)10;8-4-6(5-9)7-2-1-3-7/h2-5H,1H3,(H,8,9,10);6,8-9H,1-5H2. The number of aliphatic hydroxyl groups excluding tert-OH is 2. The van der Waals surface area contributed by atoms with Crippen molar-refractivity contribution < 1.29 is 23.2 Å². The minimum absolute atomic E-state index is 0.00116. The molecule has 2 rings (SSSR count). The Morgan fingerprint density at radius 1 is 1.15 bits per heavy atom. The molecule has 0 saturated carbocycles. The van der Waals surface area contributed by atoms with Crippen LogP contribution in [0.4, 0.5) is 0 Å². The molecule has 1 saturated heterocycles. The van der Waals surface area contributed by atoms with Gasteiger partial charge in [-0.25, -0.2) is 0 Å². The first-order valence-corrected chi connectivity index (χ1v) is 7.82. The molecule has 1 aliphatic rings. The van der Waals surface area contributed by atoms with Crippen LogP contribution in [0.2, 0.25) is 0 Å². The summed E-state index contributed by atoms with van der Waals surface area (Å²) in [6.45, 7) is 4.07. The molecule has 20 heavy (non-hydrogen) atoms. The van der Waals surface area contributed by atoms with Gasteiger partial charge in [-0.2, -0.15) is 8.42 Å². The van der Waals surface area contributed by atoms with E-state index >= 15 is 0 Å². The van der Waals surface area contributed by atoms with Crippen LogP contribution < -0.4 is 0 Å². The van der Waals surface area contributed by atoms with Gasteiger partial charge >= 0.3 is 0 Å². The van der Waals surface area contributed by atoms with Crippen molar-refractivity contribution in [3.63, 3.8) is 0 Å². The predicted molar refractivity (Wildman–Crippen MR) is 75.1 cm³/mol. The van der Waals surface area contributed by atoms with Crippen molar-refractivity contribution in [2.75, 3.05) is 26.3 Å². The molecule has 0 bridgehead atoms. The van der Waals surface area contributed by atoms with Crippen LogP contribution in [0.15, 0.2) is 29.2 Å². The van der Waals surface area contributed by atoms with Crippen LogP contribution in [0, 0.1) is 6.92 Å². The van der Waals surface area contributed by atoms with E-state index in [4.69, 9.17) is 14.8 Å². The summed E-state index contributed by atoms with van der Waals surface area (Å²) in [5.74, 6) is 0. The Bertz CT molecular complexity index is 492. The summed E-state index contributed by atoms with van der Waals surface area (Å²) in [4.78, 5) is 2.02. The number of aryl methyl sites for hydroxylation is 1. The lowest BCUT2D eigenvalue weighted by atomic mass is 10.1. The maximum atomic E-state index is 10.5. The minimum atomic E-state index is -4.02. The Kier molecular flexibility index (Phi) is 6.57. The van der Waals surface area contributed by atoms with Gasteiger partial charge in [-0.1, -0.05) is 17.7 Å². The van der Waals surface area contributed by atoms with Crippen molar-refractivity contribution in [2.24, 2.45) is 0 Å². The third-order valence-corrected chi connectivity index (χ3v) is 4.02. The molecule has 0 spiro atoms. The van der Waals surface area contributed by atoms with Crippen LogP contribution in [-0.4, -0.2) is 60.4 Å². The van der Waals surface area contributed by atoms with Gasteiger partial charge in [-0.15, -0.1) is 0 Å². The second-order valence-corrected chi connectivity index (χ2v) is 6.12. The third kappa shape index (κ3) is 5.18. The fourth-order valence-corrected chi connectivity index (χ4v) is 2.18. The number of benzene rings is 1. The molecular formula is C13H21NO5S. The largest absolute Gasteiger partial charge is 0.395 e. The van der Waals surface area contributed by atoms with Crippen LogP contribution >= 0.6 is 0 Å². The number of hydrogen-bond donors (Lipinski definition) is 3. The zero-order chi connectivity index (χ0) is 15.2. The van der Waals surface area contributed by atoms with Crippen LogP contribution in [0.3, 0.4) is 0 Å². The number of rotatable bonds is 4. The van der Waals surface area contributed by atoms with Crippen LogP contribution in [0.1, 0.15) is 12.0 Å². The summed E-state index contributed by atoms with van der Waals surface area (Å²) in [6.07, 6.45) is 1.20. The van der Waals surface area contributed by atoms with Gasteiger partial charge in [0.25, 0.3) is 10.1 Å². The van der Waals surface area contributed by atoms with E-state index in [0.717, 1.165) is 18.7 Å². The van der Waals surface area contributed by atoms with E-state index in [1.54, 1.807) is 12.1 Å². The highest BCUT2D eigenvalue weighted by Crippen LogP contribution is 2.10. The predicted octanol–water partition coefficient (Wildman–Crippen LogP) is 0.287. The quantitative estimate of drug-likeness (QED) is 0.692. The SMILES string of the molecule is Cc1ccc(S(=O)(=O)O)cc1.OCC(CO)N1CCC1. The van der Waals surface area contributed by atoms with Crippen molar-refractivity contribution in [3.8, 4) is 0 Å². The fraction of sp³-hybridized carbons (Fsp3) is 0.538. The average Bonchev–Trinajstić information content (AvgIpc) is 2.33. The van der Waals surface area contributed by atoms with Gasteiger partial charge in [-0.3, -0.25) is 9.45 Å². The Morgan fingerprint density at radius 2 is 1.65 bits per heavy atom. The minimum Gasteiger partial charge on any atom is -0.395 e. The van der Waals surface area contributed by atoms with Crippen molar-refractivity contribution in [2.45, 2.75) is 24.3 Å². The molecule has 0 aromatic heterocycles. The van der Waals surface area contributed by atoms with Crippen molar-refractivity contribution in [1.29, 1.82) is 0 Å². The first-order valence-electron chi connectivity index (χ1n) is 6.38. The lowest BCUT2D eigenvalue weighted by molar-refractivity contribution is 0.0351. The molecule has 0 unspecified atom stereocenters. The van der Waals surface area contributed by atoms with Crippen molar-refractivity contribution in [1.82, 2.24) is 4.90 Å². The Labute approximate surface area is 119 Å². The van der Waals surface area contributed by atoms with Crippen LogP contribution in [0.5, 0.6) is 0 Å². The molecule has 114 valence electrons. The molecule has 6 nitrogen and oxygen atoms in total. The molecule has 3 N–H and O–H groups in total. The average molecular weight is 303 g/mol. The molecule has 0 aliphatic carbocycles. The molecule has 1 fully saturated rings. The smallest absolute Gasteiger partial charge is 0.294 e. The number of nitrogens with zero attached hydrogens (tertiary/aromatic N) is 1. The molecule has 0 radical (unpaired) electrons. The van der Waals surface area contributed by atoms with E-state index in [0.29, 0.717) is 0 Å². The molecular weight excluding hydrogens is 282 g/mol. The molecule has 1 aromatic carbocycles. The summed E-state index contributed by atoms with van der Waals surface area (Å²) >= 11 is 0.